The van der Waals surface area contributed by atoms with Crippen molar-refractivity contribution in [2.24, 2.45) is 0 Å². The minimum absolute atomic E-state index is 0.0490. The number of thioether (sulfide) groups is 1. The van der Waals surface area contributed by atoms with Gasteiger partial charge in [0.25, 0.3) is 0 Å². The first-order valence-corrected chi connectivity index (χ1v) is 8.16. The zero-order valence-corrected chi connectivity index (χ0v) is 13.6. The highest BCUT2D eigenvalue weighted by Gasteiger charge is 2.35. The number of halogens is 5. The number of fused-ring (bicyclic) bond motifs is 1. The molecule has 0 heterocycles. The van der Waals surface area contributed by atoms with Gasteiger partial charge in [0.15, 0.2) is 0 Å². The van der Waals surface area contributed by atoms with Gasteiger partial charge >= 0.3 is 5.51 Å². The lowest BCUT2D eigenvalue weighted by Gasteiger charge is -2.16. The third kappa shape index (κ3) is 3.79. The average Bonchev–Trinajstić information content (AvgIpc) is 2.82. The van der Waals surface area contributed by atoms with Crippen LogP contribution in [-0.2, 0) is 6.42 Å². The standard InChI is InChI=1S/C16H11ClF4O2S/c17-8-5-9(18)7-10(6-8)23-13-3-4-14(24-16(19,20)21)15-11(13)1-2-12(15)22/h3-7,12,22H,1-2H2. The van der Waals surface area contributed by atoms with E-state index in [9.17, 15) is 22.7 Å². The third-order valence-corrected chi connectivity index (χ3v) is 4.59. The maximum absolute atomic E-state index is 13.4. The van der Waals surface area contributed by atoms with E-state index in [4.69, 9.17) is 16.3 Å². The molecule has 0 aliphatic heterocycles. The topological polar surface area (TPSA) is 29.5 Å². The second-order valence-electron chi connectivity index (χ2n) is 5.26. The summed E-state index contributed by atoms with van der Waals surface area (Å²) in [4.78, 5) is -0.0490. The number of benzene rings is 2. The minimum atomic E-state index is -4.45. The molecule has 24 heavy (non-hydrogen) atoms. The molecule has 2 nitrogen and oxygen atoms in total. The van der Waals surface area contributed by atoms with Gasteiger partial charge in [-0.3, -0.25) is 0 Å². The number of rotatable bonds is 3. The van der Waals surface area contributed by atoms with E-state index < -0.39 is 17.4 Å². The van der Waals surface area contributed by atoms with E-state index >= 15 is 0 Å². The molecule has 0 radical (unpaired) electrons. The van der Waals surface area contributed by atoms with Gasteiger partial charge in [-0.15, -0.1) is 0 Å². The maximum atomic E-state index is 13.4. The summed E-state index contributed by atoms with van der Waals surface area (Å²) in [5.74, 6) is -0.159. The lowest BCUT2D eigenvalue weighted by Crippen LogP contribution is -2.03. The van der Waals surface area contributed by atoms with Crippen molar-refractivity contribution in [1.82, 2.24) is 0 Å². The van der Waals surface area contributed by atoms with Gasteiger partial charge in [0.1, 0.15) is 17.3 Å². The summed E-state index contributed by atoms with van der Waals surface area (Å²) >= 11 is 5.50. The molecular formula is C16H11ClF4O2S. The molecule has 1 aliphatic rings. The van der Waals surface area contributed by atoms with Gasteiger partial charge in [-0.25, -0.2) is 4.39 Å². The molecule has 0 fully saturated rings. The second-order valence-corrected chi connectivity index (χ2v) is 6.81. The molecule has 3 rings (SSSR count). The molecular weight excluding hydrogens is 368 g/mol. The van der Waals surface area contributed by atoms with Gasteiger partial charge in [-0.05, 0) is 48.9 Å². The molecule has 0 amide bonds. The van der Waals surface area contributed by atoms with Crippen molar-refractivity contribution in [2.75, 3.05) is 0 Å². The molecule has 1 N–H and O–H groups in total. The fourth-order valence-corrected chi connectivity index (χ4v) is 3.66. The number of aliphatic hydroxyl groups excluding tert-OH is 1. The third-order valence-electron chi connectivity index (χ3n) is 3.56. The summed E-state index contributed by atoms with van der Waals surface area (Å²) in [7, 11) is 0. The predicted octanol–water partition coefficient (Wildman–Crippen LogP) is 5.86. The van der Waals surface area contributed by atoms with Crippen molar-refractivity contribution in [3.63, 3.8) is 0 Å². The van der Waals surface area contributed by atoms with Crippen molar-refractivity contribution >= 4 is 23.4 Å². The molecule has 8 heteroatoms. The monoisotopic (exact) mass is 378 g/mol. The van der Waals surface area contributed by atoms with Crippen molar-refractivity contribution in [2.45, 2.75) is 29.3 Å². The van der Waals surface area contributed by atoms with Gasteiger partial charge in [-0.1, -0.05) is 11.6 Å². The number of aliphatic hydroxyl groups is 1. The Kier molecular flexibility index (Phi) is 4.68. The van der Waals surface area contributed by atoms with Gasteiger partial charge in [0.2, 0.25) is 0 Å². The molecule has 0 spiro atoms. The number of hydrogen-bond acceptors (Lipinski definition) is 3. The lowest BCUT2D eigenvalue weighted by molar-refractivity contribution is -0.0328. The highest BCUT2D eigenvalue weighted by Crippen LogP contribution is 2.47. The Labute approximate surface area is 144 Å². The lowest BCUT2D eigenvalue weighted by atomic mass is 10.1. The summed E-state index contributed by atoms with van der Waals surface area (Å²) in [6.45, 7) is 0. The summed E-state index contributed by atoms with van der Waals surface area (Å²) in [5.41, 5.74) is -3.73. The van der Waals surface area contributed by atoms with E-state index in [-0.39, 0.29) is 38.7 Å². The Morgan fingerprint density at radius 3 is 2.62 bits per heavy atom. The van der Waals surface area contributed by atoms with Crippen LogP contribution in [0.4, 0.5) is 17.6 Å². The SMILES string of the molecule is OC1CCc2c(Oc3cc(F)cc(Cl)c3)ccc(SC(F)(F)F)c21. The van der Waals surface area contributed by atoms with E-state index in [1.807, 2.05) is 0 Å². The summed E-state index contributed by atoms with van der Waals surface area (Å²) < 4.78 is 57.0. The van der Waals surface area contributed by atoms with E-state index in [1.54, 1.807) is 0 Å². The fraction of sp³-hybridized carbons (Fsp3) is 0.250. The van der Waals surface area contributed by atoms with Crippen molar-refractivity contribution in [3.8, 4) is 11.5 Å². The van der Waals surface area contributed by atoms with Crippen LogP contribution in [0.5, 0.6) is 11.5 Å². The second kappa shape index (κ2) is 6.46. The summed E-state index contributed by atoms with van der Waals surface area (Å²) in [6, 6.07) is 6.29. The Bertz CT molecular complexity index is 759. The fourth-order valence-electron chi connectivity index (χ4n) is 2.70. The van der Waals surface area contributed by atoms with Gasteiger partial charge < -0.3 is 9.84 Å². The van der Waals surface area contributed by atoms with Crippen molar-refractivity contribution in [3.05, 3.63) is 52.3 Å². The smallest absolute Gasteiger partial charge is 0.446 e. The van der Waals surface area contributed by atoms with E-state index in [1.165, 1.54) is 18.2 Å². The van der Waals surface area contributed by atoms with Crippen LogP contribution >= 0.6 is 23.4 Å². The molecule has 0 aromatic heterocycles. The first-order valence-electron chi connectivity index (χ1n) is 6.96. The van der Waals surface area contributed by atoms with Crippen LogP contribution in [0.2, 0.25) is 5.02 Å². The predicted molar refractivity (Wildman–Crippen MR) is 83.1 cm³/mol. The Morgan fingerprint density at radius 1 is 1.21 bits per heavy atom. The molecule has 128 valence electrons. The molecule has 2 aromatic rings. The molecule has 1 atom stereocenters. The zero-order valence-electron chi connectivity index (χ0n) is 12.0. The molecule has 2 aromatic carbocycles. The first-order chi connectivity index (χ1) is 11.2. The van der Waals surface area contributed by atoms with Crippen LogP contribution < -0.4 is 4.74 Å². The number of ether oxygens (including phenoxy) is 1. The first kappa shape index (κ1) is 17.4. The molecule has 0 saturated heterocycles. The number of hydrogen-bond donors (Lipinski definition) is 1. The van der Waals surface area contributed by atoms with E-state index in [2.05, 4.69) is 0 Å². The highest BCUT2D eigenvalue weighted by atomic mass is 35.5. The minimum Gasteiger partial charge on any atom is -0.457 e. The molecule has 1 aliphatic carbocycles. The number of alkyl halides is 3. The zero-order chi connectivity index (χ0) is 17.5. The van der Waals surface area contributed by atoms with Crippen molar-refractivity contribution in [1.29, 1.82) is 0 Å². The van der Waals surface area contributed by atoms with Crippen LogP contribution in [0.25, 0.3) is 0 Å². The quantitative estimate of drug-likeness (QED) is 0.535. The van der Waals surface area contributed by atoms with Gasteiger partial charge in [0.05, 0.1) is 6.10 Å². The average molecular weight is 379 g/mol. The van der Waals surface area contributed by atoms with Crippen LogP contribution in [-0.4, -0.2) is 10.6 Å². The normalized spacial score (nSPS) is 17.0. The molecule has 0 bridgehead atoms. The summed E-state index contributed by atoms with van der Waals surface area (Å²) in [6.07, 6.45) is -0.295. The molecule has 1 unspecified atom stereocenters. The van der Waals surface area contributed by atoms with Crippen LogP contribution in [0, 0.1) is 5.82 Å². The van der Waals surface area contributed by atoms with Gasteiger partial charge in [0, 0.05) is 27.1 Å². The van der Waals surface area contributed by atoms with Crippen molar-refractivity contribution < 1.29 is 27.4 Å². The Morgan fingerprint density at radius 2 is 1.96 bits per heavy atom. The van der Waals surface area contributed by atoms with Gasteiger partial charge in [-0.2, -0.15) is 13.2 Å². The maximum Gasteiger partial charge on any atom is 0.446 e. The van der Waals surface area contributed by atoms with Crippen LogP contribution in [0.15, 0.2) is 35.2 Å². The Balaban J connectivity index is 1.98. The Hall–Kier alpha value is -1.44. The van der Waals surface area contributed by atoms with E-state index in [0.29, 0.717) is 18.4 Å². The van der Waals surface area contributed by atoms with Crippen LogP contribution in [0.1, 0.15) is 23.7 Å². The summed E-state index contributed by atoms with van der Waals surface area (Å²) in [5, 5.41) is 10.2. The highest BCUT2D eigenvalue weighted by molar-refractivity contribution is 8.00. The molecule has 0 saturated carbocycles. The van der Waals surface area contributed by atoms with Crippen LogP contribution in [0.3, 0.4) is 0 Å². The van der Waals surface area contributed by atoms with E-state index in [0.717, 1.165) is 12.1 Å². The largest absolute Gasteiger partial charge is 0.457 e.